The molecule has 1 N–H and O–H groups in total. The highest BCUT2D eigenvalue weighted by molar-refractivity contribution is 5.87. The van der Waals surface area contributed by atoms with Crippen molar-refractivity contribution in [3.63, 3.8) is 0 Å². The predicted octanol–water partition coefficient (Wildman–Crippen LogP) is 3.07. The van der Waals surface area contributed by atoms with Crippen LogP contribution < -0.4 is 0 Å². The van der Waals surface area contributed by atoms with Gasteiger partial charge in [0, 0.05) is 6.61 Å². The molecule has 0 atom stereocenters. The van der Waals surface area contributed by atoms with Gasteiger partial charge in [0.15, 0.2) is 0 Å². The van der Waals surface area contributed by atoms with Crippen molar-refractivity contribution < 1.29 is 19.1 Å². The Morgan fingerprint density at radius 1 is 1.44 bits per heavy atom. The lowest BCUT2D eigenvalue weighted by Crippen LogP contribution is -1.95. The van der Waals surface area contributed by atoms with Gasteiger partial charge in [0.25, 0.3) is 0 Å². The minimum Gasteiger partial charge on any atom is -0.478 e. The van der Waals surface area contributed by atoms with Gasteiger partial charge in [0.1, 0.15) is 18.6 Å². The van der Waals surface area contributed by atoms with Crippen LogP contribution in [0.2, 0.25) is 0 Å². The molecule has 4 nitrogen and oxygen atoms in total. The Morgan fingerprint density at radius 3 is 2.88 bits per heavy atom. The molecule has 0 saturated heterocycles. The highest BCUT2D eigenvalue weighted by atomic mass is 16.5. The summed E-state index contributed by atoms with van der Waals surface area (Å²) in [5.41, 5.74) is 0.171. The summed E-state index contributed by atoms with van der Waals surface area (Å²) in [5.74, 6) is -0.411. The lowest BCUT2D eigenvalue weighted by atomic mass is 10.2. The van der Waals surface area contributed by atoms with Gasteiger partial charge in [0.05, 0.1) is 5.56 Å². The fourth-order valence-corrected chi connectivity index (χ4v) is 1.37. The molecule has 0 amide bonds. The van der Waals surface area contributed by atoms with Crippen LogP contribution in [-0.4, -0.2) is 17.7 Å². The Balaban J connectivity index is 2.14. The van der Waals surface area contributed by atoms with E-state index in [1.54, 1.807) is 0 Å². The van der Waals surface area contributed by atoms with Crippen LogP contribution in [0.25, 0.3) is 0 Å². The van der Waals surface area contributed by atoms with Gasteiger partial charge in [-0.2, -0.15) is 0 Å². The smallest absolute Gasteiger partial charge is 0.338 e. The van der Waals surface area contributed by atoms with E-state index in [0.29, 0.717) is 19.0 Å². The van der Waals surface area contributed by atoms with E-state index in [2.05, 4.69) is 6.92 Å². The maximum atomic E-state index is 10.6. The van der Waals surface area contributed by atoms with Crippen LogP contribution in [0.3, 0.4) is 0 Å². The number of carbonyl (C=O) groups is 1. The van der Waals surface area contributed by atoms with Gasteiger partial charge >= 0.3 is 5.97 Å². The number of carboxylic acids is 1. The number of rotatable bonds is 8. The van der Waals surface area contributed by atoms with E-state index in [0.717, 1.165) is 6.42 Å². The molecule has 0 aromatic carbocycles. The molecule has 0 unspecified atom stereocenters. The number of furan rings is 1. The molecular weight excluding hydrogens is 208 g/mol. The highest BCUT2D eigenvalue weighted by Gasteiger charge is 2.07. The molecule has 1 aromatic heterocycles. The van der Waals surface area contributed by atoms with Gasteiger partial charge < -0.3 is 14.3 Å². The number of carboxylic acid groups (broad SMARTS) is 1. The van der Waals surface area contributed by atoms with E-state index in [1.165, 1.54) is 31.6 Å². The van der Waals surface area contributed by atoms with Crippen LogP contribution >= 0.6 is 0 Å². The van der Waals surface area contributed by atoms with Crippen molar-refractivity contribution in [2.24, 2.45) is 0 Å². The second-order valence-corrected chi connectivity index (χ2v) is 3.72. The maximum Gasteiger partial charge on any atom is 0.338 e. The van der Waals surface area contributed by atoms with E-state index in [4.69, 9.17) is 14.3 Å². The van der Waals surface area contributed by atoms with Crippen LogP contribution in [0, 0.1) is 0 Å². The van der Waals surface area contributed by atoms with Gasteiger partial charge in [-0.25, -0.2) is 4.79 Å². The van der Waals surface area contributed by atoms with Crippen LogP contribution in [0.15, 0.2) is 16.7 Å². The number of ether oxygens (including phenoxy) is 1. The molecule has 0 bridgehead atoms. The summed E-state index contributed by atoms with van der Waals surface area (Å²) in [4.78, 5) is 10.6. The van der Waals surface area contributed by atoms with Gasteiger partial charge in [-0.15, -0.1) is 0 Å². The van der Waals surface area contributed by atoms with E-state index >= 15 is 0 Å². The molecule has 0 spiro atoms. The minimum atomic E-state index is -0.974. The molecule has 0 aliphatic rings. The van der Waals surface area contributed by atoms with Crippen LogP contribution in [-0.2, 0) is 11.3 Å². The van der Waals surface area contributed by atoms with Gasteiger partial charge in [-0.3, -0.25) is 0 Å². The van der Waals surface area contributed by atoms with E-state index < -0.39 is 5.97 Å². The Labute approximate surface area is 95.2 Å². The zero-order chi connectivity index (χ0) is 11.8. The molecule has 0 saturated carbocycles. The van der Waals surface area contributed by atoms with Crippen molar-refractivity contribution in [2.75, 3.05) is 6.61 Å². The standard InChI is InChI=1S/C12H18O4/c1-2-3-4-5-6-15-9-11-7-10(8-16-11)12(13)14/h7-8H,2-6,9H2,1H3,(H,13,14). The van der Waals surface area contributed by atoms with E-state index in [-0.39, 0.29) is 5.56 Å². The predicted molar refractivity (Wildman–Crippen MR) is 59.5 cm³/mol. The molecule has 16 heavy (non-hydrogen) atoms. The molecule has 90 valence electrons. The molecule has 0 fully saturated rings. The Bertz CT molecular complexity index is 317. The third-order valence-corrected chi connectivity index (χ3v) is 2.29. The zero-order valence-corrected chi connectivity index (χ0v) is 9.57. The summed E-state index contributed by atoms with van der Waals surface area (Å²) in [5, 5.41) is 8.67. The molecule has 0 aliphatic heterocycles. The summed E-state index contributed by atoms with van der Waals surface area (Å²) in [6.45, 7) is 3.21. The highest BCUT2D eigenvalue weighted by Crippen LogP contribution is 2.09. The number of unbranched alkanes of at least 4 members (excludes halogenated alkanes) is 3. The summed E-state index contributed by atoms with van der Waals surface area (Å²) in [6.07, 6.45) is 5.89. The molecule has 0 radical (unpaired) electrons. The SMILES string of the molecule is CCCCCCOCc1cc(C(=O)O)co1. The van der Waals surface area contributed by atoms with Crippen LogP contribution in [0.4, 0.5) is 0 Å². The largest absolute Gasteiger partial charge is 0.478 e. The van der Waals surface area contributed by atoms with Crippen LogP contribution in [0.1, 0.15) is 48.7 Å². The normalized spacial score (nSPS) is 10.6. The summed E-state index contributed by atoms with van der Waals surface area (Å²) in [6, 6.07) is 1.49. The first-order valence-electron chi connectivity index (χ1n) is 5.62. The molecule has 0 aliphatic carbocycles. The van der Waals surface area contributed by atoms with Crippen molar-refractivity contribution in [1.29, 1.82) is 0 Å². The van der Waals surface area contributed by atoms with Crippen molar-refractivity contribution >= 4 is 5.97 Å². The lowest BCUT2D eigenvalue weighted by molar-refractivity contribution is 0.0696. The molecule has 1 aromatic rings. The van der Waals surface area contributed by atoms with Crippen molar-refractivity contribution in [3.05, 3.63) is 23.7 Å². The average molecular weight is 226 g/mol. The second kappa shape index (κ2) is 7.06. The maximum absolute atomic E-state index is 10.6. The van der Waals surface area contributed by atoms with Crippen molar-refractivity contribution in [2.45, 2.75) is 39.2 Å². The summed E-state index contributed by atoms with van der Waals surface area (Å²) < 4.78 is 10.4. The van der Waals surface area contributed by atoms with Gasteiger partial charge in [-0.1, -0.05) is 26.2 Å². The molecule has 1 heterocycles. The monoisotopic (exact) mass is 226 g/mol. The zero-order valence-electron chi connectivity index (χ0n) is 9.57. The molecule has 4 heteroatoms. The summed E-state index contributed by atoms with van der Waals surface area (Å²) >= 11 is 0. The number of hydrogen-bond donors (Lipinski definition) is 1. The Hall–Kier alpha value is -1.29. The van der Waals surface area contributed by atoms with Gasteiger partial charge in [0.2, 0.25) is 0 Å². The minimum absolute atomic E-state index is 0.171. The number of hydrogen-bond acceptors (Lipinski definition) is 3. The first-order valence-corrected chi connectivity index (χ1v) is 5.62. The number of aromatic carboxylic acids is 1. The second-order valence-electron chi connectivity index (χ2n) is 3.72. The quantitative estimate of drug-likeness (QED) is 0.692. The van der Waals surface area contributed by atoms with Crippen LogP contribution in [0.5, 0.6) is 0 Å². The van der Waals surface area contributed by atoms with Crippen molar-refractivity contribution in [1.82, 2.24) is 0 Å². The molecular formula is C12H18O4. The topological polar surface area (TPSA) is 59.7 Å². The average Bonchev–Trinajstić information content (AvgIpc) is 2.72. The Kier molecular flexibility index (Phi) is 5.64. The Morgan fingerprint density at radius 2 is 2.25 bits per heavy atom. The van der Waals surface area contributed by atoms with E-state index in [1.807, 2.05) is 0 Å². The first-order chi connectivity index (χ1) is 7.74. The van der Waals surface area contributed by atoms with Gasteiger partial charge in [-0.05, 0) is 12.5 Å². The third kappa shape index (κ3) is 4.49. The lowest BCUT2D eigenvalue weighted by Gasteiger charge is -2.01. The fraction of sp³-hybridized carbons (Fsp3) is 0.583. The third-order valence-electron chi connectivity index (χ3n) is 2.29. The van der Waals surface area contributed by atoms with Crippen molar-refractivity contribution in [3.8, 4) is 0 Å². The molecule has 1 rings (SSSR count). The van der Waals surface area contributed by atoms with E-state index in [9.17, 15) is 4.79 Å². The summed E-state index contributed by atoms with van der Waals surface area (Å²) in [7, 11) is 0. The fourth-order valence-electron chi connectivity index (χ4n) is 1.37. The first kappa shape index (κ1) is 12.8.